The van der Waals surface area contributed by atoms with Crippen molar-refractivity contribution >= 4 is 28.8 Å². The maximum absolute atomic E-state index is 14.3. The molecule has 2 amide bonds. The second kappa shape index (κ2) is 12.0. The highest BCUT2D eigenvalue weighted by atomic mass is 32.1. The molecule has 4 aromatic rings. The summed E-state index contributed by atoms with van der Waals surface area (Å²) in [6.07, 6.45) is 5.08. The Bertz CT molecular complexity index is 1520. The number of thiophene rings is 1. The molecule has 41 heavy (non-hydrogen) atoms. The number of hydrogen-bond acceptors (Lipinski definition) is 8. The molecule has 6 rings (SSSR count). The second-order valence-corrected chi connectivity index (χ2v) is 11.0. The predicted molar refractivity (Wildman–Crippen MR) is 150 cm³/mol. The summed E-state index contributed by atoms with van der Waals surface area (Å²) in [7, 11) is 0. The molecule has 0 unspecified atom stereocenters. The van der Waals surface area contributed by atoms with Gasteiger partial charge in [-0.1, -0.05) is 37.5 Å². The highest BCUT2D eigenvalue weighted by molar-refractivity contribution is 7.10. The molecule has 212 valence electrons. The molecule has 0 radical (unpaired) electrons. The number of carbonyl (C=O) groups excluding carboxylic acids is 2. The lowest BCUT2D eigenvalue weighted by atomic mass is 9.95. The van der Waals surface area contributed by atoms with Crippen LogP contribution in [0.25, 0.3) is 11.4 Å². The van der Waals surface area contributed by atoms with Gasteiger partial charge >= 0.3 is 0 Å². The molecular weight excluding hydrogens is 547 g/mol. The Morgan fingerprint density at radius 3 is 2.63 bits per heavy atom. The quantitative estimate of drug-likeness (QED) is 0.328. The second-order valence-electron chi connectivity index (χ2n) is 9.98. The van der Waals surface area contributed by atoms with Crippen LogP contribution in [0.5, 0.6) is 11.5 Å². The third-order valence-corrected chi connectivity index (χ3v) is 8.11. The Hall–Kier alpha value is -4.32. The van der Waals surface area contributed by atoms with Crippen molar-refractivity contribution in [2.45, 2.75) is 50.7 Å². The predicted octanol–water partition coefficient (Wildman–Crippen LogP) is 4.54. The van der Waals surface area contributed by atoms with Gasteiger partial charge in [-0.25, -0.2) is 4.39 Å². The number of ether oxygens (including phenoxy) is 2. The number of rotatable bonds is 8. The lowest BCUT2D eigenvalue weighted by Crippen LogP contribution is -2.48. The van der Waals surface area contributed by atoms with Gasteiger partial charge in [0.1, 0.15) is 31.6 Å². The number of nitrogens with zero attached hydrogens (tertiary/aromatic N) is 5. The van der Waals surface area contributed by atoms with Gasteiger partial charge in [-0.3, -0.25) is 14.5 Å². The molecule has 10 nitrogen and oxygen atoms in total. The van der Waals surface area contributed by atoms with Gasteiger partial charge in [0.05, 0.1) is 5.56 Å². The van der Waals surface area contributed by atoms with E-state index in [2.05, 4.69) is 20.7 Å². The maximum atomic E-state index is 14.3. The topological polar surface area (TPSA) is 111 Å². The Labute approximate surface area is 240 Å². The first-order chi connectivity index (χ1) is 20.1. The van der Waals surface area contributed by atoms with E-state index < -0.39 is 17.8 Å². The fourth-order valence-electron chi connectivity index (χ4n) is 5.22. The number of anilines is 1. The van der Waals surface area contributed by atoms with Crippen molar-refractivity contribution in [1.29, 1.82) is 0 Å². The lowest BCUT2D eigenvalue weighted by molar-refractivity contribution is -0.127. The van der Waals surface area contributed by atoms with E-state index in [1.165, 1.54) is 22.3 Å². The fourth-order valence-corrected chi connectivity index (χ4v) is 6.04. The Kier molecular flexibility index (Phi) is 7.90. The number of aromatic nitrogens is 4. The van der Waals surface area contributed by atoms with Crippen LogP contribution in [0.15, 0.2) is 60.0 Å². The molecule has 2 aromatic carbocycles. The van der Waals surface area contributed by atoms with Crippen molar-refractivity contribution in [1.82, 2.24) is 25.5 Å². The van der Waals surface area contributed by atoms with Gasteiger partial charge < -0.3 is 14.8 Å². The Balaban J connectivity index is 1.35. The van der Waals surface area contributed by atoms with Crippen LogP contribution in [0.4, 0.5) is 10.1 Å². The fraction of sp³-hybridized carbons (Fsp3) is 0.345. The highest BCUT2D eigenvalue weighted by Crippen LogP contribution is 2.38. The van der Waals surface area contributed by atoms with Crippen molar-refractivity contribution < 1.29 is 23.5 Å². The van der Waals surface area contributed by atoms with Crippen molar-refractivity contribution in [3.63, 3.8) is 0 Å². The molecule has 1 aliphatic carbocycles. The Morgan fingerprint density at radius 2 is 1.85 bits per heavy atom. The summed E-state index contributed by atoms with van der Waals surface area (Å²) < 4.78 is 25.8. The molecule has 0 saturated heterocycles. The number of halogens is 1. The Morgan fingerprint density at radius 1 is 1.05 bits per heavy atom. The van der Waals surface area contributed by atoms with Gasteiger partial charge in [-0.2, -0.15) is 4.80 Å². The van der Waals surface area contributed by atoms with Crippen molar-refractivity contribution in [2.75, 3.05) is 18.1 Å². The van der Waals surface area contributed by atoms with E-state index in [1.807, 2.05) is 17.5 Å². The van der Waals surface area contributed by atoms with E-state index in [-0.39, 0.29) is 29.9 Å². The van der Waals surface area contributed by atoms with E-state index >= 15 is 0 Å². The van der Waals surface area contributed by atoms with E-state index in [0.29, 0.717) is 35.3 Å². The van der Waals surface area contributed by atoms with Crippen molar-refractivity contribution in [3.05, 3.63) is 70.7 Å². The third kappa shape index (κ3) is 5.92. The average Bonchev–Trinajstić information content (AvgIpc) is 3.69. The third-order valence-electron chi connectivity index (χ3n) is 7.19. The van der Waals surface area contributed by atoms with Crippen molar-refractivity contribution in [2.24, 2.45) is 0 Å². The first-order valence-electron chi connectivity index (χ1n) is 13.6. The summed E-state index contributed by atoms with van der Waals surface area (Å²) in [5.74, 6) is -0.0818. The molecule has 12 heteroatoms. The molecular formula is C29H29FN6O4S. The van der Waals surface area contributed by atoms with Gasteiger partial charge in [0.15, 0.2) is 11.5 Å². The molecule has 1 atom stereocenters. The van der Waals surface area contributed by atoms with Crippen LogP contribution in [0, 0.1) is 5.82 Å². The largest absolute Gasteiger partial charge is 0.486 e. The van der Waals surface area contributed by atoms with Crippen molar-refractivity contribution in [3.8, 4) is 22.9 Å². The molecule has 1 saturated carbocycles. The first kappa shape index (κ1) is 26.9. The minimum absolute atomic E-state index is 0.0521. The van der Waals surface area contributed by atoms with Gasteiger partial charge in [-0.05, 0) is 53.8 Å². The molecule has 0 spiro atoms. The zero-order chi connectivity index (χ0) is 28.2. The van der Waals surface area contributed by atoms with E-state index in [9.17, 15) is 14.0 Å². The van der Waals surface area contributed by atoms with E-state index in [4.69, 9.17) is 9.47 Å². The van der Waals surface area contributed by atoms with Gasteiger partial charge in [0.2, 0.25) is 11.7 Å². The van der Waals surface area contributed by atoms with Gasteiger partial charge in [0, 0.05) is 22.7 Å². The summed E-state index contributed by atoms with van der Waals surface area (Å²) >= 11 is 1.40. The number of nitrogens with one attached hydrogen (secondary N) is 1. The van der Waals surface area contributed by atoms with Crippen LogP contribution < -0.4 is 19.7 Å². The molecule has 1 N–H and O–H groups in total. The zero-order valence-corrected chi connectivity index (χ0v) is 23.1. The molecule has 3 heterocycles. The smallest absolute Gasteiger partial charge is 0.251 e. The lowest BCUT2D eigenvalue weighted by Gasteiger charge is -2.33. The SMILES string of the molecule is O=C(NC1CCCCC1)[C@H](c1cccs1)N(C(=O)Cn1nnc(-c2ccccc2F)n1)c1ccc2c(c1)OCCO2. The van der Waals surface area contributed by atoms with Gasteiger partial charge in [0.25, 0.3) is 5.91 Å². The first-order valence-corrected chi connectivity index (χ1v) is 14.5. The van der Waals surface area contributed by atoms with Crippen LogP contribution in [0.1, 0.15) is 43.0 Å². The van der Waals surface area contributed by atoms with E-state index in [1.54, 1.807) is 36.4 Å². The number of hydrogen-bond donors (Lipinski definition) is 1. The minimum atomic E-state index is -0.943. The number of carbonyl (C=O) groups is 2. The normalized spacial score (nSPS) is 15.7. The summed E-state index contributed by atoms with van der Waals surface area (Å²) in [5.41, 5.74) is 0.643. The van der Waals surface area contributed by atoms with Gasteiger partial charge in [-0.15, -0.1) is 21.5 Å². The number of fused-ring (bicyclic) bond motifs is 1. The average molecular weight is 577 g/mol. The summed E-state index contributed by atoms with van der Waals surface area (Å²) in [6.45, 7) is 0.482. The zero-order valence-electron chi connectivity index (χ0n) is 22.2. The highest BCUT2D eigenvalue weighted by Gasteiger charge is 2.36. The molecule has 1 fully saturated rings. The van der Waals surface area contributed by atoms with Crippen LogP contribution in [-0.4, -0.2) is 51.3 Å². The monoisotopic (exact) mass is 576 g/mol. The summed E-state index contributed by atoms with van der Waals surface area (Å²) in [6, 6.07) is 14.1. The standard InChI is InChI=1S/C29H29FN6O4S/c30-22-10-5-4-9-21(22)28-32-34-35(33-28)18-26(37)36(20-12-13-23-24(17-20)40-15-14-39-23)27(25-11-6-16-41-25)29(38)31-19-7-2-1-3-8-19/h4-6,9-13,16-17,19,27H,1-3,7-8,14-15,18H2,(H,31,38)/t27-/m0/s1. The summed E-state index contributed by atoms with van der Waals surface area (Å²) in [5, 5.41) is 17.3. The van der Waals surface area contributed by atoms with Crippen LogP contribution in [-0.2, 0) is 16.1 Å². The molecule has 1 aliphatic heterocycles. The molecule has 0 bridgehead atoms. The number of benzene rings is 2. The van der Waals surface area contributed by atoms with Crippen LogP contribution in [0.3, 0.4) is 0 Å². The summed E-state index contributed by atoms with van der Waals surface area (Å²) in [4.78, 5) is 31.3. The number of amides is 2. The molecule has 2 aliphatic rings. The minimum Gasteiger partial charge on any atom is -0.486 e. The van der Waals surface area contributed by atoms with E-state index in [0.717, 1.165) is 36.9 Å². The van der Waals surface area contributed by atoms with Crippen LogP contribution >= 0.6 is 11.3 Å². The number of tetrazole rings is 1. The van der Waals surface area contributed by atoms with Crippen LogP contribution in [0.2, 0.25) is 0 Å². The molecule has 2 aromatic heterocycles. The maximum Gasteiger partial charge on any atom is 0.251 e.